The quantitative estimate of drug-likeness (QED) is 0.274. The number of carbonyl (C=O) groups is 2. The maximum Gasteiger partial charge on any atom is 0.251 e. The molecule has 10 nitrogen and oxygen atoms in total. The second kappa shape index (κ2) is 11.9. The minimum absolute atomic E-state index is 0.0603. The minimum Gasteiger partial charge on any atom is -0.494 e. The molecule has 1 aliphatic rings. The number of nitrogens with one attached hydrogen (secondary N) is 2. The average Bonchev–Trinajstić information content (AvgIpc) is 3.38. The van der Waals surface area contributed by atoms with Crippen molar-refractivity contribution in [3.8, 4) is 17.0 Å². The number of methoxy groups -OCH3 is 1. The molecule has 5 rings (SSSR count). The van der Waals surface area contributed by atoms with Crippen LogP contribution in [0.1, 0.15) is 54.5 Å². The number of pyridine rings is 1. The van der Waals surface area contributed by atoms with Gasteiger partial charge in [0.1, 0.15) is 28.4 Å². The summed E-state index contributed by atoms with van der Waals surface area (Å²) in [5.41, 5.74) is -1.15. The zero-order valence-electron chi connectivity index (χ0n) is 25.0. The van der Waals surface area contributed by atoms with Crippen LogP contribution in [-0.4, -0.2) is 58.4 Å². The van der Waals surface area contributed by atoms with E-state index in [0.29, 0.717) is 27.9 Å². The molecule has 44 heavy (non-hydrogen) atoms. The van der Waals surface area contributed by atoms with E-state index in [1.807, 2.05) is 0 Å². The number of aryl methyl sites for hydroxylation is 1. The van der Waals surface area contributed by atoms with Crippen LogP contribution in [0.3, 0.4) is 0 Å². The Labute approximate surface area is 252 Å². The van der Waals surface area contributed by atoms with Crippen LogP contribution in [0.2, 0.25) is 0 Å². The second-order valence-corrected chi connectivity index (χ2v) is 11.5. The van der Waals surface area contributed by atoms with Crippen molar-refractivity contribution in [1.29, 1.82) is 0 Å². The van der Waals surface area contributed by atoms with Gasteiger partial charge in [-0.05, 0) is 69.3 Å². The van der Waals surface area contributed by atoms with Crippen LogP contribution < -0.4 is 15.4 Å². The Morgan fingerprint density at radius 2 is 1.86 bits per heavy atom. The zero-order valence-corrected chi connectivity index (χ0v) is 25.0. The van der Waals surface area contributed by atoms with Crippen LogP contribution >= 0.6 is 0 Å². The van der Waals surface area contributed by atoms with E-state index >= 15 is 4.39 Å². The number of hydrogen-bond donors (Lipinski definition) is 3. The molecule has 1 aliphatic heterocycles. The van der Waals surface area contributed by atoms with Crippen molar-refractivity contribution in [3.63, 3.8) is 0 Å². The molecule has 0 spiro atoms. The third-order valence-electron chi connectivity index (χ3n) is 7.54. The van der Waals surface area contributed by atoms with Crippen molar-refractivity contribution in [1.82, 2.24) is 25.8 Å². The van der Waals surface area contributed by atoms with E-state index < -0.39 is 34.8 Å². The Bertz CT molecular complexity index is 1740. The van der Waals surface area contributed by atoms with E-state index in [0.717, 1.165) is 0 Å². The summed E-state index contributed by atoms with van der Waals surface area (Å²) >= 11 is 0. The Hall–Kier alpha value is -4.55. The van der Waals surface area contributed by atoms with Gasteiger partial charge < -0.3 is 25.2 Å². The molecule has 3 heterocycles. The van der Waals surface area contributed by atoms with E-state index in [1.165, 1.54) is 58.2 Å². The van der Waals surface area contributed by atoms with Crippen LogP contribution in [0.25, 0.3) is 22.2 Å². The third-order valence-corrected chi connectivity index (χ3v) is 7.54. The number of halogens is 2. The molecule has 2 atom stereocenters. The SMILES string of the molecule is COc1cc(C(=O)NC[C@]2(c3cc(C(C)(C)O)c(F)c(-c4ccc(F)cc4)n3)C[C@H](NC(C)=O)CO2)cc2cc(C)nnc12. The molecule has 2 amide bonds. The van der Waals surface area contributed by atoms with Gasteiger partial charge >= 0.3 is 0 Å². The van der Waals surface area contributed by atoms with E-state index in [-0.39, 0.29) is 48.0 Å². The number of aromatic nitrogens is 3. The number of carbonyl (C=O) groups excluding carboxylic acids is 2. The van der Waals surface area contributed by atoms with Crippen molar-refractivity contribution in [2.45, 2.75) is 51.4 Å². The van der Waals surface area contributed by atoms with Gasteiger partial charge in [0.25, 0.3) is 5.91 Å². The molecule has 2 aromatic carbocycles. The Morgan fingerprint density at radius 3 is 2.52 bits per heavy atom. The van der Waals surface area contributed by atoms with Crippen molar-refractivity contribution >= 4 is 22.7 Å². The smallest absolute Gasteiger partial charge is 0.251 e. The first-order valence-corrected chi connectivity index (χ1v) is 14.0. The van der Waals surface area contributed by atoms with Crippen molar-refractivity contribution in [2.75, 3.05) is 20.3 Å². The van der Waals surface area contributed by atoms with Gasteiger partial charge in [0.2, 0.25) is 5.91 Å². The van der Waals surface area contributed by atoms with Gasteiger partial charge in [-0.15, -0.1) is 5.10 Å². The van der Waals surface area contributed by atoms with E-state index in [2.05, 4.69) is 25.8 Å². The van der Waals surface area contributed by atoms with Gasteiger partial charge in [0.05, 0.1) is 43.3 Å². The molecule has 4 aromatic rings. The van der Waals surface area contributed by atoms with Crippen LogP contribution in [0.5, 0.6) is 5.75 Å². The van der Waals surface area contributed by atoms with Gasteiger partial charge in [-0.25, -0.2) is 13.8 Å². The third kappa shape index (κ3) is 6.22. The number of benzene rings is 2. The number of amides is 2. The predicted octanol–water partition coefficient (Wildman–Crippen LogP) is 4.06. The summed E-state index contributed by atoms with van der Waals surface area (Å²) in [5, 5.41) is 25.6. The van der Waals surface area contributed by atoms with E-state index in [9.17, 15) is 19.1 Å². The molecule has 1 fully saturated rings. The fourth-order valence-corrected chi connectivity index (χ4v) is 5.40. The van der Waals surface area contributed by atoms with Crippen molar-refractivity contribution in [3.05, 3.63) is 82.7 Å². The summed E-state index contributed by atoms with van der Waals surface area (Å²) in [4.78, 5) is 30.1. The summed E-state index contributed by atoms with van der Waals surface area (Å²) in [6.45, 7) is 6.04. The van der Waals surface area contributed by atoms with Gasteiger partial charge in [-0.2, -0.15) is 5.10 Å². The molecule has 0 saturated carbocycles. The molecule has 0 radical (unpaired) electrons. The monoisotopic (exact) mass is 605 g/mol. The minimum atomic E-state index is -1.63. The van der Waals surface area contributed by atoms with E-state index in [4.69, 9.17) is 9.47 Å². The van der Waals surface area contributed by atoms with Gasteiger partial charge in [-0.3, -0.25) is 9.59 Å². The average molecular weight is 606 g/mol. The molecule has 0 unspecified atom stereocenters. The topological polar surface area (TPSA) is 136 Å². The molecule has 0 aliphatic carbocycles. The largest absolute Gasteiger partial charge is 0.494 e. The number of rotatable bonds is 8. The highest BCUT2D eigenvalue weighted by Gasteiger charge is 2.45. The summed E-state index contributed by atoms with van der Waals surface area (Å²) in [5.74, 6) is -1.62. The lowest BCUT2D eigenvalue weighted by Crippen LogP contribution is -2.43. The first kappa shape index (κ1) is 30.9. The number of ether oxygens (including phenoxy) is 2. The molecule has 3 N–H and O–H groups in total. The summed E-state index contributed by atoms with van der Waals surface area (Å²) in [6, 6.07) is 11.2. The van der Waals surface area contributed by atoms with Crippen LogP contribution in [0.15, 0.2) is 48.5 Å². The number of hydrogen-bond acceptors (Lipinski definition) is 8. The fourth-order valence-electron chi connectivity index (χ4n) is 5.40. The number of fused-ring (bicyclic) bond motifs is 1. The maximum absolute atomic E-state index is 15.9. The Balaban J connectivity index is 1.57. The zero-order chi connectivity index (χ0) is 31.8. The first-order chi connectivity index (χ1) is 20.8. The maximum atomic E-state index is 15.9. The Kier molecular flexibility index (Phi) is 8.32. The molecule has 12 heteroatoms. The fraction of sp³-hybridized carbons (Fsp3) is 0.344. The van der Waals surface area contributed by atoms with Crippen LogP contribution in [0.4, 0.5) is 8.78 Å². The van der Waals surface area contributed by atoms with Gasteiger partial charge in [-0.1, -0.05) is 0 Å². The summed E-state index contributed by atoms with van der Waals surface area (Å²) < 4.78 is 41.3. The molecule has 1 saturated heterocycles. The summed E-state index contributed by atoms with van der Waals surface area (Å²) in [7, 11) is 1.47. The van der Waals surface area contributed by atoms with Crippen molar-refractivity contribution in [2.24, 2.45) is 0 Å². The lowest BCUT2D eigenvalue weighted by Gasteiger charge is -2.31. The highest BCUT2D eigenvalue weighted by Crippen LogP contribution is 2.40. The lowest BCUT2D eigenvalue weighted by atomic mass is 9.88. The molecule has 2 aromatic heterocycles. The van der Waals surface area contributed by atoms with E-state index in [1.54, 1.807) is 25.1 Å². The first-order valence-electron chi connectivity index (χ1n) is 14.0. The van der Waals surface area contributed by atoms with Crippen LogP contribution in [0, 0.1) is 18.6 Å². The lowest BCUT2D eigenvalue weighted by molar-refractivity contribution is -0.119. The highest BCUT2D eigenvalue weighted by molar-refractivity contribution is 5.99. The predicted molar refractivity (Wildman–Crippen MR) is 158 cm³/mol. The standard InChI is InChI=1S/C32H33F2N5O5/c1-17-10-20-11-21(12-25(43-5)28(20)39-38-17)30(41)35-16-32(14-23(15-44-32)36-18(2)40)26-13-24(31(3,4)42)27(34)29(37-26)19-6-8-22(33)9-7-19/h6-13,23,42H,14-16H2,1-5H3,(H,35,41)(H,36,40)/t23-,32-/m0/s1. The summed E-state index contributed by atoms with van der Waals surface area (Å²) in [6.07, 6.45) is 0.190. The normalized spacial score (nSPS) is 18.3. The highest BCUT2D eigenvalue weighted by atomic mass is 19.1. The molecule has 230 valence electrons. The second-order valence-electron chi connectivity index (χ2n) is 11.5. The van der Waals surface area contributed by atoms with Crippen LogP contribution in [-0.2, 0) is 20.7 Å². The number of aliphatic hydroxyl groups is 1. The number of nitrogens with zero attached hydrogens (tertiary/aromatic N) is 3. The molecular weight excluding hydrogens is 572 g/mol. The molecular formula is C32H33F2N5O5. The Morgan fingerprint density at radius 1 is 1.14 bits per heavy atom. The van der Waals surface area contributed by atoms with Gasteiger partial charge in [0, 0.05) is 35.4 Å². The van der Waals surface area contributed by atoms with Crippen molar-refractivity contribution < 1.29 is 33.0 Å². The molecule has 0 bridgehead atoms. The van der Waals surface area contributed by atoms with Gasteiger partial charge in [0.15, 0.2) is 5.82 Å².